The van der Waals surface area contributed by atoms with E-state index in [4.69, 9.17) is 9.47 Å². The Balaban J connectivity index is 1.82. The molecule has 2 aliphatic rings. The Morgan fingerprint density at radius 1 is 1.26 bits per heavy atom. The Hall–Kier alpha value is -1.10. The highest BCUT2D eigenvalue weighted by Crippen LogP contribution is 2.45. The van der Waals surface area contributed by atoms with Crippen molar-refractivity contribution in [3.8, 4) is 0 Å². The molecule has 0 amide bonds. The molecule has 1 heterocycles. The maximum Gasteiger partial charge on any atom is 0.310 e. The van der Waals surface area contributed by atoms with Gasteiger partial charge in [-0.05, 0) is 18.8 Å². The fourth-order valence-corrected chi connectivity index (χ4v) is 3.16. The molecular formula is C14H22O5. The first-order valence-corrected chi connectivity index (χ1v) is 7.16. The van der Waals surface area contributed by atoms with Crippen molar-refractivity contribution < 1.29 is 24.2 Å². The smallest absolute Gasteiger partial charge is 0.310 e. The molecule has 2 rings (SSSR count). The van der Waals surface area contributed by atoms with Gasteiger partial charge in [0, 0.05) is 0 Å². The number of hydrogen-bond acceptors (Lipinski definition) is 4. The number of rotatable bonds is 7. The van der Waals surface area contributed by atoms with E-state index in [0.29, 0.717) is 19.6 Å². The number of hydrogen-bond donors (Lipinski definition) is 1. The molecule has 0 spiro atoms. The quantitative estimate of drug-likeness (QED) is 0.564. The summed E-state index contributed by atoms with van der Waals surface area (Å²) in [6.07, 6.45) is 4.54. The molecule has 4 unspecified atom stereocenters. The van der Waals surface area contributed by atoms with Gasteiger partial charge in [0.15, 0.2) is 0 Å². The van der Waals surface area contributed by atoms with Gasteiger partial charge in [-0.2, -0.15) is 0 Å². The van der Waals surface area contributed by atoms with Crippen LogP contribution in [0.5, 0.6) is 0 Å². The van der Waals surface area contributed by atoms with Crippen molar-refractivity contribution in [3.63, 3.8) is 0 Å². The van der Waals surface area contributed by atoms with Crippen LogP contribution >= 0.6 is 0 Å². The normalized spacial score (nSPS) is 32.5. The topological polar surface area (TPSA) is 72.8 Å². The molecule has 0 aromatic rings. The number of carbonyl (C=O) groups is 2. The monoisotopic (exact) mass is 270 g/mol. The third-order valence-electron chi connectivity index (χ3n) is 4.15. The summed E-state index contributed by atoms with van der Waals surface area (Å²) in [7, 11) is 0. The van der Waals surface area contributed by atoms with Gasteiger partial charge in [0.05, 0.1) is 31.2 Å². The summed E-state index contributed by atoms with van der Waals surface area (Å²) in [4.78, 5) is 23.3. The minimum Gasteiger partial charge on any atom is -0.481 e. The average molecular weight is 270 g/mol. The number of carbonyl (C=O) groups excluding carboxylic acids is 1. The van der Waals surface area contributed by atoms with E-state index in [1.807, 2.05) is 0 Å². The number of esters is 1. The molecular weight excluding hydrogens is 248 g/mol. The van der Waals surface area contributed by atoms with Crippen LogP contribution in [0, 0.1) is 17.8 Å². The van der Waals surface area contributed by atoms with Crippen LogP contribution in [0.3, 0.4) is 0 Å². The van der Waals surface area contributed by atoms with Crippen molar-refractivity contribution in [2.45, 2.75) is 45.1 Å². The molecule has 1 N–H and O–H groups in total. The van der Waals surface area contributed by atoms with Crippen molar-refractivity contribution in [1.29, 1.82) is 0 Å². The van der Waals surface area contributed by atoms with Gasteiger partial charge in [0.25, 0.3) is 0 Å². The largest absolute Gasteiger partial charge is 0.481 e. The lowest BCUT2D eigenvalue weighted by Crippen LogP contribution is -2.40. The molecule has 1 saturated heterocycles. The number of fused-ring (bicyclic) bond motifs is 2. The number of ether oxygens (including phenoxy) is 2. The van der Waals surface area contributed by atoms with Gasteiger partial charge in [-0.25, -0.2) is 0 Å². The van der Waals surface area contributed by atoms with Crippen LogP contribution in [0.15, 0.2) is 0 Å². The van der Waals surface area contributed by atoms with Gasteiger partial charge >= 0.3 is 11.9 Å². The average Bonchev–Trinajstić information content (AvgIpc) is 2.98. The summed E-state index contributed by atoms with van der Waals surface area (Å²) in [5.74, 6) is -2.50. The van der Waals surface area contributed by atoms with Gasteiger partial charge < -0.3 is 14.6 Å². The minimum atomic E-state index is -0.944. The van der Waals surface area contributed by atoms with Gasteiger partial charge in [0.2, 0.25) is 0 Å². The van der Waals surface area contributed by atoms with Crippen LogP contribution in [0.2, 0.25) is 0 Å². The summed E-state index contributed by atoms with van der Waals surface area (Å²) >= 11 is 0. The van der Waals surface area contributed by atoms with Crippen LogP contribution in [0.1, 0.15) is 39.0 Å². The molecule has 2 fully saturated rings. The van der Waals surface area contributed by atoms with Gasteiger partial charge in [0.1, 0.15) is 0 Å². The zero-order chi connectivity index (χ0) is 13.8. The predicted octanol–water partition coefficient (Wildman–Crippen LogP) is 1.85. The third-order valence-corrected chi connectivity index (χ3v) is 4.15. The summed E-state index contributed by atoms with van der Waals surface area (Å²) in [6, 6.07) is 0. The number of carboxylic acids is 1. The summed E-state index contributed by atoms with van der Waals surface area (Å²) in [5, 5.41) is 9.21. The SMILES string of the molecule is CCCCCCOC(=O)C1C2COC(C2)C1C(=O)O. The van der Waals surface area contributed by atoms with Crippen molar-refractivity contribution in [3.05, 3.63) is 0 Å². The maximum absolute atomic E-state index is 12.0. The highest BCUT2D eigenvalue weighted by molar-refractivity contribution is 5.83. The zero-order valence-electron chi connectivity index (χ0n) is 11.3. The number of carboxylic acid groups (broad SMARTS) is 1. The summed E-state index contributed by atoms with van der Waals surface area (Å²) < 4.78 is 10.6. The van der Waals surface area contributed by atoms with E-state index >= 15 is 0 Å². The highest BCUT2D eigenvalue weighted by atomic mass is 16.5. The van der Waals surface area contributed by atoms with Gasteiger partial charge in [-0.15, -0.1) is 0 Å². The molecule has 1 aliphatic heterocycles. The zero-order valence-corrected chi connectivity index (χ0v) is 11.3. The molecule has 1 saturated carbocycles. The first-order chi connectivity index (χ1) is 9.15. The summed E-state index contributed by atoms with van der Waals surface area (Å²) in [5.41, 5.74) is 0. The Kier molecular flexibility index (Phi) is 4.80. The molecule has 0 radical (unpaired) electrons. The Labute approximate surface area is 113 Å². The van der Waals surface area contributed by atoms with E-state index in [-0.39, 0.29) is 18.0 Å². The molecule has 108 valence electrons. The van der Waals surface area contributed by atoms with Crippen LogP contribution in [0.4, 0.5) is 0 Å². The van der Waals surface area contributed by atoms with E-state index < -0.39 is 17.8 Å². The summed E-state index contributed by atoms with van der Waals surface area (Å²) in [6.45, 7) is 3.02. The molecule has 5 heteroatoms. The van der Waals surface area contributed by atoms with Gasteiger partial charge in [-0.3, -0.25) is 9.59 Å². The Bertz CT molecular complexity index is 341. The molecule has 0 aromatic carbocycles. The van der Waals surface area contributed by atoms with E-state index in [2.05, 4.69) is 6.92 Å². The Morgan fingerprint density at radius 3 is 2.74 bits per heavy atom. The van der Waals surface area contributed by atoms with E-state index in [9.17, 15) is 14.7 Å². The molecule has 4 atom stereocenters. The minimum absolute atomic E-state index is 0.0224. The number of unbranched alkanes of at least 4 members (excludes halogenated alkanes) is 3. The predicted molar refractivity (Wildman–Crippen MR) is 67.6 cm³/mol. The first-order valence-electron chi connectivity index (χ1n) is 7.16. The maximum atomic E-state index is 12.0. The molecule has 5 nitrogen and oxygen atoms in total. The fraction of sp³-hybridized carbons (Fsp3) is 0.857. The van der Waals surface area contributed by atoms with E-state index in [0.717, 1.165) is 25.7 Å². The molecule has 19 heavy (non-hydrogen) atoms. The second-order valence-corrected chi connectivity index (χ2v) is 5.49. The van der Waals surface area contributed by atoms with Crippen molar-refractivity contribution in [2.24, 2.45) is 17.8 Å². The third kappa shape index (κ3) is 3.08. The molecule has 2 bridgehead atoms. The lowest BCUT2D eigenvalue weighted by atomic mass is 9.88. The van der Waals surface area contributed by atoms with Gasteiger partial charge in [-0.1, -0.05) is 26.2 Å². The van der Waals surface area contributed by atoms with Crippen LogP contribution in [-0.4, -0.2) is 36.4 Å². The van der Waals surface area contributed by atoms with Crippen molar-refractivity contribution in [1.82, 2.24) is 0 Å². The fourth-order valence-electron chi connectivity index (χ4n) is 3.16. The lowest BCUT2D eigenvalue weighted by molar-refractivity contribution is -0.165. The second kappa shape index (κ2) is 6.37. The first kappa shape index (κ1) is 14.3. The van der Waals surface area contributed by atoms with Crippen LogP contribution < -0.4 is 0 Å². The Morgan fingerprint density at radius 2 is 2.05 bits per heavy atom. The molecule has 1 aliphatic carbocycles. The van der Waals surface area contributed by atoms with Crippen LogP contribution in [-0.2, 0) is 19.1 Å². The highest BCUT2D eigenvalue weighted by Gasteiger charge is 2.56. The van der Waals surface area contributed by atoms with Crippen molar-refractivity contribution in [2.75, 3.05) is 13.2 Å². The lowest BCUT2D eigenvalue weighted by Gasteiger charge is -2.26. The van der Waals surface area contributed by atoms with Crippen LogP contribution in [0.25, 0.3) is 0 Å². The second-order valence-electron chi connectivity index (χ2n) is 5.49. The van der Waals surface area contributed by atoms with E-state index in [1.54, 1.807) is 0 Å². The van der Waals surface area contributed by atoms with E-state index in [1.165, 1.54) is 0 Å². The molecule has 0 aromatic heterocycles. The van der Waals surface area contributed by atoms with Crippen molar-refractivity contribution >= 4 is 11.9 Å². The standard InChI is InChI=1S/C14H22O5/c1-2-3-4-5-6-18-14(17)11-9-7-10(19-8-9)12(11)13(15)16/h9-12H,2-8H2,1H3,(H,15,16). The number of aliphatic carboxylic acids is 1.